The summed E-state index contributed by atoms with van der Waals surface area (Å²) in [6, 6.07) is 7.98. The molecular weight excluding hydrogens is 288 g/mol. The summed E-state index contributed by atoms with van der Waals surface area (Å²) in [6.45, 7) is 5.21. The molecule has 0 aliphatic heterocycles. The van der Waals surface area contributed by atoms with Gasteiger partial charge >= 0.3 is 0 Å². The van der Waals surface area contributed by atoms with Gasteiger partial charge < -0.3 is 10.2 Å². The Bertz CT molecular complexity index is 537. The third-order valence-corrected chi connectivity index (χ3v) is 5.71. The van der Waals surface area contributed by atoms with E-state index in [1.807, 2.05) is 6.92 Å². The maximum Gasteiger partial charge on any atom is 0.187 e. The third-order valence-electron chi connectivity index (χ3n) is 3.46. The van der Waals surface area contributed by atoms with Gasteiger partial charge in [-0.05, 0) is 24.1 Å². The number of aliphatic hydroxyl groups excluding tert-OH is 2. The van der Waals surface area contributed by atoms with Gasteiger partial charge in [-0.2, -0.15) is 0 Å². The van der Waals surface area contributed by atoms with Crippen molar-refractivity contribution in [2.24, 2.45) is 0 Å². The van der Waals surface area contributed by atoms with Crippen molar-refractivity contribution < 1.29 is 18.6 Å². The average Bonchev–Trinajstić information content (AvgIpc) is 2.48. The highest BCUT2D eigenvalue weighted by molar-refractivity contribution is 7.92. The molecule has 21 heavy (non-hydrogen) atoms. The maximum atomic E-state index is 12.7. The minimum atomic E-state index is -3.76. The summed E-state index contributed by atoms with van der Waals surface area (Å²) >= 11 is 0. The summed E-state index contributed by atoms with van der Waals surface area (Å²) in [5.74, 6) is 0. The van der Waals surface area contributed by atoms with E-state index in [1.165, 1.54) is 12.1 Å². The highest BCUT2D eigenvalue weighted by Gasteiger charge is 2.35. The van der Waals surface area contributed by atoms with Crippen LogP contribution >= 0.6 is 0 Å². The predicted molar refractivity (Wildman–Crippen MR) is 83.8 cm³/mol. The summed E-state index contributed by atoms with van der Waals surface area (Å²) in [5, 5.41) is 18.4. The minimum absolute atomic E-state index is 0.128. The van der Waals surface area contributed by atoms with Crippen LogP contribution in [0.1, 0.15) is 32.6 Å². The Morgan fingerprint density at radius 2 is 1.86 bits per heavy atom. The van der Waals surface area contributed by atoms with Crippen molar-refractivity contribution >= 4 is 9.84 Å². The van der Waals surface area contributed by atoms with Crippen LogP contribution < -0.4 is 0 Å². The molecule has 0 saturated heterocycles. The van der Waals surface area contributed by atoms with Crippen molar-refractivity contribution in [1.82, 2.24) is 0 Å². The molecule has 1 aromatic rings. The van der Waals surface area contributed by atoms with Gasteiger partial charge in [0, 0.05) is 0 Å². The van der Waals surface area contributed by atoms with E-state index in [0.29, 0.717) is 6.42 Å². The molecule has 2 N–H and O–H groups in total. The average molecular weight is 312 g/mol. The zero-order valence-electron chi connectivity index (χ0n) is 12.4. The zero-order chi connectivity index (χ0) is 15.9. The second-order valence-corrected chi connectivity index (χ2v) is 7.23. The van der Waals surface area contributed by atoms with Crippen LogP contribution in [-0.2, 0) is 9.84 Å². The van der Waals surface area contributed by atoms with Crippen LogP contribution in [0.2, 0.25) is 0 Å². The lowest BCUT2D eigenvalue weighted by atomic mass is 10.0. The smallest absolute Gasteiger partial charge is 0.187 e. The molecule has 0 spiro atoms. The molecule has 2 atom stereocenters. The van der Waals surface area contributed by atoms with Crippen molar-refractivity contribution in [3.8, 4) is 0 Å². The number of benzene rings is 1. The van der Waals surface area contributed by atoms with Crippen LogP contribution in [0, 0.1) is 0 Å². The first-order chi connectivity index (χ1) is 9.95. The summed E-state index contributed by atoms with van der Waals surface area (Å²) < 4.78 is 25.3. The molecule has 0 aliphatic rings. The van der Waals surface area contributed by atoms with Gasteiger partial charge in [-0.15, -0.1) is 0 Å². The molecule has 0 saturated carbocycles. The van der Waals surface area contributed by atoms with Crippen LogP contribution in [-0.4, -0.2) is 36.6 Å². The standard InChI is InChI=1S/C16H24O4S/c1-3-4-6-11-15(18)16(13(2)12-17)21(19,20)14-9-7-5-8-10-14/h5,7-10,15-18H,2-4,6,11-12H2,1H3/t15-,16-/m0/s1. The van der Waals surface area contributed by atoms with E-state index >= 15 is 0 Å². The molecule has 4 nitrogen and oxygen atoms in total. The van der Waals surface area contributed by atoms with Crippen molar-refractivity contribution in [2.75, 3.05) is 6.61 Å². The molecule has 0 heterocycles. The van der Waals surface area contributed by atoms with Gasteiger partial charge in [0.25, 0.3) is 0 Å². The van der Waals surface area contributed by atoms with Gasteiger partial charge in [-0.25, -0.2) is 8.42 Å². The van der Waals surface area contributed by atoms with Crippen LogP contribution in [0.4, 0.5) is 0 Å². The molecule has 0 amide bonds. The fourth-order valence-corrected chi connectivity index (χ4v) is 4.19. The number of hydrogen-bond acceptors (Lipinski definition) is 4. The molecule has 0 bridgehead atoms. The van der Waals surface area contributed by atoms with E-state index in [9.17, 15) is 18.6 Å². The molecule has 0 aromatic heterocycles. The van der Waals surface area contributed by atoms with E-state index < -0.39 is 27.8 Å². The first kappa shape index (κ1) is 17.9. The number of unbranched alkanes of at least 4 members (excludes halogenated alkanes) is 2. The lowest BCUT2D eigenvalue weighted by Crippen LogP contribution is -2.36. The SMILES string of the molecule is C=C(CO)[C@@H]([C@@H](O)CCCCC)S(=O)(=O)c1ccccc1. The Balaban J connectivity index is 3.05. The molecule has 1 aromatic carbocycles. The normalized spacial score (nSPS) is 14.6. The molecule has 5 heteroatoms. The van der Waals surface area contributed by atoms with Gasteiger partial charge in [0.1, 0.15) is 5.25 Å². The van der Waals surface area contributed by atoms with Crippen LogP contribution in [0.25, 0.3) is 0 Å². The second-order valence-electron chi connectivity index (χ2n) is 5.16. The van der Waals surface area contributed by atoms with Gasteiger partial charge in [0.15, 0.2) is 9.84 Å². The number of sulfone groups is 1. The lowest BCUT2D eigenvalue weighted by molar-refractivity contribution is 0.158. The summed E-state index contributed by atoms with van der Waals surface area (Å²) in [7, 11) is -3.76. The number of rotatable bonds is 9. The van der Waals surface area contributed by atoms with E-state index in [4.69, 9.17) is 0 Å². The summed E-state index contributed by atoms with van der Waals surface area (Å²) in [4.78, 5) is 0.138. The Kier molecular flexibility index (Phi) is 7.08. The number of aliphatic hydroxyl groups is 2. The van der Waals surface area contributed by atoms with Crippen LogP contribution in [0.15, 0.2) is 47.4 Å². The van der Waals surface area contributed by atoms with Crippen molar-refractivity contribution in [3.63, 3.8) is 0 Å². The topological polar surface area (TPSA) is 74.6 Å². The van der Waals surface area contributed by atoms with Gasteiger partial charge in [-0.3, -0.25) is 0 Å². The van der Waals surface area contributed by atoms with Crippen molar-refractivity contribution in [1.29, 1.82) is 0 Å². The molecule has 1 rings (SSSR count). The fraction of sp³-hybridized carbons (Fsp3) is 0.500. The largest absolute Gasteiger partial charge is 0.392 e. The highest BCUT2D eigenvalue weighted by Crippen LogP contribution is 2.25. The van der Waals surface area contributed by atoms with Crippen LogP contribution in [0.5, 0.6) is 0 Å². The molecule has 0 unspecified atom stereocenters. The van der Waals surface area contributed by atoms with Gasteiger partial charge in [0.2, 0.25) is 0 Å². The predicted octanol–water partition coefficient (Wildman–Crippen LogP) is 2.32. The maximum absolute atomic E-state index is 12.7. The van der Waals surface area contributed by atoms with Gasteiger partial charge in [-0.1, -0.05) is 51.0 Å². The Morgan fingerprint density at radius 1 is 1.24 bits per heavy atom. The van der Waals surface area contributed by atoms with Crippen molar-refractivity contribution in [3.05, 3.63) is 42.5 Å². The van der Waals surface area contributed by atoms with Crippen LogP contribution in [0.3, 0.4) is 0 Å². The quantitative estimate of drug-likeness (QED) is 0.542. The zero-order valence-corrected chi connectivity index (χ0v) is 13.2. The molecule has 118 valence electrons. The second kappa shape index (κ2) is 8.32. The van der Waals surface area contributed by atoms with E-state index in [2.05, 4.69) is 6.58 Å². The fourth-order valence-electron chi connectivity index (χ4n) is 2.30. The molecule has 0 aliphatic carbocycles. The van der Waals surface area contributed by atoms with Gasteiger partial charge in [0.05, 0.1) is 17.6 Å². The van der Waals surface area contributed by atoms with E-state index in [0.717, 1.165) is 19.3 Å². The molecular formula is C16H24O4S. The lowest BCUT2D eigenvalue weighted by Gasteiger charge is -2.24. The number of hydrogen-bond donors (Lipinski definition) is 2. The minimum Gasteiger partial charge on any atom is -0.392 e. The van der Waals surface area contributed by atoms with E-state index in [1.54, 1.807) is 18.2 Å². The van der Waals surface area contributed by atoms with E-state index in [-0.39, 0.29) is 10.5 Å². The summed E-state index contributed by atoms with van der Waals surface area (Å²) in [6.07, 6.45) is 1.99. The Hall–Kier alpha value is -1.17. The van der Waals surface area contributed by atoms with Crippen molar-refractivity contribution in [2.45, 2.75) is 48.9 Å². The highest BCUT2D eigenvalue weighted by atomic mass is 32.2. The molecule has 0 radical (unpaired) electrons. The first-order valence-corrected chi connectivity index (χ1v) is 8.75. The summed E-state index contributed by atoms with van der Waals surface area (Å²) in [5.41, 5.74) is 0.128. The first-order valence-electron chi connectivity index (χ1n) is 7.20. The Morgan fingerprint density at radius 3 is 2.38 bits per heavy atom. The molecule has 0 fully saturated rings. The monoisotopic (exact) mass is 312 g/mol. The Labute approximate surface area is 127 Å². The third kappa shape index (κ3) is 4.66.